The van der Waals surface area contributed by atoms with Crippen molar-refractivity contribution in [3.05, 3.63) is 59.5 Å². The Balaban J connectivity index is 1.41. The van der Waals surface area contributed by atoms with E-state index in [1.54, 1.807) is 35.0 Å². The number of hydrogen-bond donors (Lipinski definition) is 1. The van der Waals surface area contributed by atoms with Gasteiger partial charge in [-0.05, 0) is 24.6 Å². The number of fused-ring (bicyclic) bond motifs is 1. The number of ether oxygens (including phenoxy) is 1. The number of amides is 1. The van der Waals surface area contributed by atoms with E-state index in [2.05, 4.69) is 15.4 Å². The van der Waals surface area contributed by atoms with E-state index in [4.69, 9.17) is 4.74 Å². The zero-order valence-corrected chi connectivity index (χ0v) is 16.7. The maximum atomic E-state index is 12.6. The van der Waals surface area contributed by atoms with Gasteiger partial charge in [-0.2, -0.15) is 9.40 Å². The summed E-state index contributed by atoms with van der Waals surface area (Å²) >= 11 is 0. The van der Waals surface area contributed by atoms with Crippen LogP contribution < -0.4 is 5.32 Å². The molecule has 1 saturated heterocycles. The summed E-state index contributed by atoms with van der Waals surface area (Å²) in [6.07, 6.45) is 3.13. The van der Waals surface area contributed by atoms with E-state index in [0.29, 0.717) is 37.5 Å². The van der Waals surface area contributed by atoms with Crippen molar-refractivity contribution >= 4 is 21.6 Å². The lowest BCUT2D eigenvalue weighted by molar-refractivity contribution is 0.0730. The largest absolute Gasteiger partial charge is 0.379 e. The lowest BCUT2D eigenvalue weighted by Crippen LogP contribution is -2.40. The summed E-state index contributed by atoms with van der Waals surface area (Å²) in [5.74, 6) is -0.280. The van der Waals surface area contributed by atoms with Crippen LogP contribution in [-0.4, -0.2) is 59.5 Å². The SMILES string of the molecule is Cc1cc2ncc(C(=O)NCc3ccc(S(=O)(=O)N4CCOCC4)cc3)cn2n1. The Labute approximate surface area is 168 Å². The molecular weight excluding hydrogens is 394 g/mol. The van der Waals surface area contributed by atoms with E-state index < -0.39 is 10.0 Å². The third kappa shape index (κ3) is 4.14. The number of sulfonamides is 1. The van der Waals surface area contributed by atoms with Crippen molar-refractivity contribution in [3.8, 4) is 0 Å². The molecule has 1 N–H and O–H groups in total. The Bertz CT molecular complexity index is 1140. The van der Waals surface area contributed by atoms with Crippen LogP contribution in [0.5, 0.6) is 0 Å². The zero-order valence-electron chi connectivity index (χ0n) is 15.9. The predicted octanol–water partition coefficient (Wildman–Crippen LogP) is 0.989. The van der Waals surface area contributed by atoms with Crippen molar-refractivity contribution in [3.63, 3.8) is 0 Å². The number of carbonyl (C=O) groups is 1. The Morgan fingerprint density at radius 3 is 2.66 bits per heavy atom. The van der Waals surface area contributed by atoms with E-state index in [0.717, 1.165) is 11.3 Å². The third-order valence-corrected chi connectivity index (χ3v) is 6.59. The topological polar surface area (TPSA) is 106 Å². The maximum Gasteiger partial charge on any atom is 0.254 e. The zero-order chi connectivity index (χ0) is 20.4. The van der Waals surface area contributed by atoms with Crippen LogP contribution >= 0.6 is 0 Å². The molecule has 0 bridgehead atoms. The molecule has 1 fully saturated rings. The molecule has 0 spiro atoms. The first kappa shape index (κ1) is 19.5. The fourth-order valence-corrected chi connectivity index (χ4v) is 4.52. The van der Waals surface area contributed by atoms with Crippen LogP contribution in [-0.2, 0) is 21.3 Å². The number of nitrogens with zero attached hydrogens (tertiary/aromatic N) is 4. The number of rotatable bonds is 5. The van der Waals surface area contributed by atoms with E-state index >= 15 is 0 Å². The Kier molecular flexibility index (Phi) is 5.31. The van der Waals surface area contributed by atoms with Crippen LogP contribution in [0.4, 0.5) is 0 Å². The molecule has 3 heterocycles. The molecular formula is C19H21N5O4S. The molecule has 4 rings (SSSR count). The highest BCUT2D eigenvalue weighted by Gasteiger charge is 2.26. The van der Waals surface area contributed by atoms with Crippen molar-refractivity contribution in [1.82, 2.24) is 24.2 Å². The van der Waals surface area contributed by atoms with E-state index in [-0.39, 0.29) is 17.3 Å². The van der Waals surface area contributed by atoms with Gasteiger partial charge in [-0.1, -0.05) is 12.1 Å². The summed E-state index contributed by atoms with van der Waals surface area (Å²) in [5.41, 5.74) is 2.69. The van der Waals surface area contributed by atoms with Crippen molar-refractivity contribution in [2.45, 2.75) is 18.4 Å². The number of benzene rings is 1. The van der Waals surface area contributed by atoms with Crippen LogP contribution in [0, 0.1) is 6.92 Å². The van der Waals surface area contributed by atoms with Crippen molar-refractivity contribution in [1.29, 1.82) is 0 Å². The van der Waals surface area contributed by atoms with Gasteiger partial charge in [-0.25, -0.2) is 17.9 Å². The number of hydrogen-bond acceptors (Lipinski definition) is 6. The summed E-state index contributed by atoms with van der Waals surface area (Å²) < 4.78 is 33.5. The Morgan fingerprint density at radius 2 is 1.93 bits per heavy atom. The second-order valence-corrected chi connectivity index (χ2v) is 8.71. The molecule has 1 amide bonds. The standard InChI is InChI=1S/C19H21N5O4S/c1-14-10-18-20-12-16(13-24(18)22-14)19(25)21-11-15-2-4-17(5-3-15)29(26,27)23-6-8-28-9-7-23/h2-5,10,12-13H,6-9,11H2,1H3,(H,21,25). The van der Waals surface area contributed by atoms with Gasteiger partial charge < -0.3 is 10.1 Å². The molecule has 0 atom stereocenters. The quantitative estimate of drug-likeness (QED) is 0.666. The number of aryl methyl sites for hydroxylation is 1. The lowest BCUT2D eigenvalue weighted by Gasteiger charge is -2.26. The number of carbonyl (C=O) groups excluding carboxylic acids is 1. The first-order valence-corrected chi connectivity index (χ1v) is 10.6. The molecule has 9 nitrogen and oxygen atoms in total. The van der Waals surface area contributed by atoms with Crippen LogP contribution in [0.3, 0.4) is 0 Å². The molecule has 152 valence electrons. The summed E-state index contributed by atoms with van der Waals surface area (Å²) in [4.78, 5) is 16.8. The van der Waals surface area contributed by atoms with Gasteiger partial charge in [0.1, 0.15) is 0 Å². The lowest BCUT2D eigenvalue weighted by atomic mass is 10.2. The highest BCUT2D eigenvalue weighted by Crippen LogP contribution is 2.17. The van der Waals surface area contributed by atoms with Gasteiger partial charge in [-0.3, -0.25) is 4.79 Å². The average molecular weight is 415 g/mol. The number of aromatic nitrogens is 3. The molecule has 0 radical (unpaired) electrons. The van der Waals surface area contributed by atoms with Gasteiger partial charge in [0, 0.05) is 38.1 Å². The highest BCUT2D eigenvalue weighted by molar-refractivity contribution is 7.89. The fourth-order valence-electron chi connectivity index (χ4n) is 3.11. The summed E-state index contributed by atoms with van der Waals surface area (Å²) in [6, 6.07) is 8.35. The van der Waals surface area contributed by atoms with Gasteiger partial charge >= 0.3 is 0 Å². The molecule has 1 aromatic carbocycles. The van der Waals surface area contributed by atoms with Crippen molar-refractivity contribution < 1.29 is 17.9 Å². The van der Waals surface area contributed by atoms with Crippen LogP contribution in [0.15, 0.2) is 47.6 Å². The maximum absolute atomic E-state index is 12.6. The monoisotopic (exact) mass is 415 g/mol. The van der Waals surface area contributed by atoms with Crippen molar-refractivity contribution in [2.24, 2.45) is 0 Å². The molecule has 3 aromatic rings. The highest BCUT2D eigenvalue weighted by atomic mass is 32.2. The summed E-state index contributed by atoms with van der Waals surface area (Å²) in [6.45, 7) is 3.65. The molecule has 10 heteroatoms. The normalized spacial score (nSPS) is 15.5. The number of morpholine rings is 1. The van der Waals surface area contributed by atoms with Crippen molar-refractivity contribution in [2.75, 3.05) is 26.3 Å². The van der Waals surface area contributed by atoms with Gasteiger partial charge in [0.05, 0.1) is 29.4 Å². The second kappa shape index (κ2) is 7.90. The van der Waals surface area contributed by atoms with E-state index in [1.807, 2.05) is 13.0 Å². The molecule has 0 unspecified atom stereocenters. The van der Waals surface area contributed by atoms with E-state index in [9.17, 15) is 13.2 Å². The summed E-state index contributed by atoms with van der Waals surface area (Å²) in [7, 11) is -3.52. The molecule has 0 aliphatic carbocycles. The molecule has 29 heavy (non-hydrogen) atoms. The van der Waals surface area contributed by atoms with Gasteiger partial charge in [0.15, 0.2) is 5.65 Å². The van der Waals surface area contributed by atoms with Crippen LogP contribution in [0.2, 0.25) is 0 Å². The van der Waals surface area contributed by atoms with Crippen LogP contribution in [0.1, 0.15) is 21.6 Å². The smallest absolute Gasteiger partial charge is 0.254 e. The fraction of sp³-hybridized carbons (Fsp3) is 0.316. The van der Waals surface area contributed by atoms with Crippen LogP contribution in [0.25, 0.3) is 5.65 Å². The van der Waals surface area contributed by atoms with Gasteiger partial charge in [0.25, 0.3) is 5.91 Å². The number of nitrogens with one attached hydrogen (secondary N) is 1. The molecule has 1 aliphatic rings. The third-order valence-electron chi connectivity index (χ3n) is 4.68. The predicted molar refractivity (Wildman–Crippen MR) is 105 cm³/mol. The Morgan fingerprint density at radius 1 is 1.21 bits per heavy atom. The first-order chi connectivity index (χ1) is 13.9. The average Bonchev–Trinajstić information content (AvgIpc) is 3.12. The minimum Gasteiger partial charge on any atom is -0.379 e. The second-order valence-electron chi connectivity index (χ2n) is 6.77. The van der Waals surface area contributed by atoms with Gasteiger partial charge in [0.2, 0.25) is 10.0 Å². The summed E-state index contributed by atoms with van der Waals surface area (Å²) in [5, 5.41) is 7.06. The molecule has 0 saturated carbocycles. The van der Waals surface area contributed by atoms with Gasteiger partial charge in [-0.15, -0.1) is 0 Å². The molecule has 1 aliphatic heterocycles. The minimum atomic E-state index is -3.52. The van der Waals surface area contributed by atoms with E-state index in [1.165, 1.54) is 10.5 Å². The first-order valence-electron chi connectivity index (χ1n) is 9.20. The Hall–Kier alpha value is -2.82. The minimum absolute atomic E-state index is 0.234. The molecule has 2 aromatic heterocycles.